The summed E-state index contributed by atoms with van der Waals surface area (Å²) < 4.78 is 0. The zero-order chi connectivity index (χ0) is 8.72. The maximum Gasteiger partial charge on any atom is 0.231 e. The Kier molecular flexibility index (Phi) is 1.33. The predicted octanol–water partition coefficient (Wildman–Crippen LogP) is 1.45. The Morgan fingerprint density at radius 1 is 1.50 bits per heavy atom. The number of nitrogens with one attached hydrogen (secondary N) is 1. The lowest BCUT2D eigenvalue weighted by Crippen LogP contribution is -2.08. The van der Waals surface area contributed by atoms with Crippen LogP contribution in [0.3, 0.4) is 0 Å². The molecule has 0 aliphatic carbocycles. The van der Waals surface area contributed by atoms with E-state index in [-0.39, 0.29) is 17.6 Å². The topological polar surface area (TPSA) is 49.3 Å². The molecule has 1 atom stereocenters. The van der Waals surface area contributed by atoms with Crippen molar-refractivity contribution in [1.82, 2.24) is 0 Å². The van der Waals surface area contributed by atoms with E-state index in [4.69, 9.17) is 5.11 Å². The normalized spacial score (nSPS) is 20.4. The Morgan fingerprint density at radius 3 is 3.00 bits per heavy atom. The minimum absolute atomic E-state index is 0.00407. The highest BCUT2D eigenvalue weighted by Crippen LogP contribution is 2.33. The average Bonchev–Trinajstić information content (AvgIpc) is 2.28. The molecule has 1 aromatic rings. The van der Waals surface area contributed by atoms with E-state index in [1.54, 1.807) is 18.2 Å². The second-order valence-corrected chi connectivity index (χ2v) is 2.98. The summed E-state index contributed by atoms with van der Waals surface area (Å²) in [6.07, 6.45) is 0. The predicted molar refractivity (Wildman–Crippen MR) is 45.2 cm³/mol. The van der Waals surface area contributed by atoms with Crippen LogP contribution in [0.15, 0.2) is 18.2 Å². The number of hydrogen-bond donors (Lipinski definition) is 2. The van der Waals surface area contributed by atoms with Gasteiger partial charge < -0.3 is 10.4 Å². The molecule has 0 radical (unpaired) electrons. The number of hydrogen-bond acceptors (Lipinski definition) is 2. The van der Waals surface area contributed by atoms with Crippen LogP contribution in [0.25, 0.3) is 0 Å². The van der Waals surface area contributed by atoms with Crippen molar-refractivity contribution in [3.05, 3.63) is 23.8 Å². The van der Waals surface area contributed by atoms with E-state index in [1.807, 2.05) is 6.92 Å². The highest BCUT2D eigenvalue weighted by atomic mass is 16.3. The van der Waals surface area contributed by atoms with Crippen molar-refractivity contribution in [2.75, 3.05) is 5.32 Å². The van der Waals surface area contributed by atoms with E-state index < -0.39 is 0 Å². The van der Waals surface area contributed by atoms with Crippen LogP contribution in [0.4, 0.5) is 5.69 Å². The molecular weight excluding hydrogens is 154 g/mol. The van der Waals surface area contributed by atoms with Gasteiger partial charge in [0.2, 0.25) is 5.91 Å². The summed E-state index contributed by atoms with van der Waals surface area (Å²) in [6, 6.07) is 4.93. The fourth-order valence-corrected chi connectivity index (χ4v) is 1.41. The Morgan fingerprint density at radius 2 is 2.25 bits per heavy atom. The molecule has 2 rings (SSSR count). The molecule has 1 amide bonds. The lowest BCUT2D eigenvalue weighted by Gasteiger charge is -1.99. The largest absolute Gasteiger partial charge is 0.508 e. The maximum absolute atomic E-state index is 11.1. The first-order valence-electron chi connectivity index (χ1n) is 3.82. The first kappa shape index (κ1) is 7.16. The Labute approximate surface area is 70.0 Å². The van der Waals surface area contributed by atoms with Crippen LogP contribution in [0.5, 0.6) is 5.75 Å². The minimum Gasteiger partial charge on any atom is -0.508 e. The van der Waals surface area contributed by atoms with Gasteiger partial charge in [0, 0.05) is 11.8 Å². The SMILES string of the molecule is CC1C(=O)Nc2cc(O)ccc21. The zero-order valence-electron chi connectivity index (χ0n) is 6.66. The number of anilines is 1. The van der Waals surface area contributed by atoms with Crippen LogP contribution in [-0.4, -0.2) is 11.0 Å². The van der Waals surface area contributed by atoms with Gasteiger partial charge in [-0.15, -0.1) is 0 Å². The van der Waals surface area contributed by atoms with Gasteiger partial charge in [-0.25, -0.2) is 0 Å². The number of carbonyl (C=O) groups excluding carboxylic acids is 1. The highest BCUT2D eigenvalue weighted by molar-refractivity contribution is 6.02. The summed E-state index contributed by atoms with van der Waals surface area (Å²) >= 11 is 0. The molecule has 1 aliphatic rings. The molecule has 0 aromatic heterocycles. The van der Waals surface area contributed by atoms with Crippen LogP contribution in [0.2, 0.25) is 0 Å². The van der Waals surface area contributed by atoms with Crippen molar-refractivity contribution in [2.24, 2.45) is 0 Å². The van der Waals surface area contributed by atoms with Crippen LogP contribution < -0.4 is 5.32 Å². The molecule has 1 aliphatic heterocycles. The third-order valence-electron chi connectivity index (χ3n) is 2.15. The number of benzene rings is 1. The summed E-state index contributed by atoms with van der Waals surface area (Å²) in [4.78, 5) is 11.1. The summed E-state index contributed by atoms with van der Waals surface area (Å²) in [5, 5.41) is 11.8. The quantitative estimate of drug-likeness (QED) is 0.608. The van der Waals surface area contributed by atoms with Crippen molar-refractivity contribution >= 4 is 11.6 Å². The second kappa shape index (κ2) is 2.24. The molecule has 0 bridgehead atoms. The molecule has 3 nitrogen and oxygen atoms in total. The van der Waals surface area contributed by atoms with Gasteiger partial charge in [0.25, 0.3) is 0 Å². The van der Waals surface area contributed by atoms with Crippen molar-refractivity contribution in [1.29, 1.82) is 0 Å². The fraction of sp³-hybridized carbons (Fsp3) is 0.222. The van der Waals surface area contributed by atoms with Gasteiger partial charge in [-0.2, -0.15) is 0 Å². The molecule has 1 heterocycles. The molecule has 62 valence electrons. The van der Waals surface area contributed by atoms with E-state index in [1.165, 1.54) is 0 Å². The first-order chi connectivity index (χ1) is 5.68. The lowest BCUT2D eigenvalue weighted by molar-refractivity contribution is -0.116. The molecule has 1 aromatic carbocycles. The van der Waals surface area contributed by atoms with E-state index in [9.17, 15) is 4.79 Å². The molecule has 2 N–H and O–H groups in total. The van der Waals surface area contributed by atoms with E-state index in [0.717, 1.165) is 11.3 Å². The number of rotatable bonds is 0. The number of phenols is 1. The number of carbonyl (C=O) groups is 1. The summed E-state index contributed by atoms with van der Waals surface area (Å²) in [6.45, 7) is 1.85. The van der Waals surface area contributed by atoms with E-state index in [0.29, 0.717) is 0 Å². The lowest BCUT2D eigenvalue weighted by atomic mass is 10.0. The standard InChI is InChI=1S/C9H9NO2/c1-5-7-3-2-6(11)4-8(7)10-9(5)12/h2-5,11H,1H3,(H,10,12). The molecule has 0 saturated carbocycles. The van der Waals surface area contributed by atoms with Crippen molar-refractivity contribution in [3.8, 4) is 5.75 Å². The molecule has 12 heavy (non-hydrogen) atoms. The molecule has 3 heteroatoms. The highest BCUT2D eigenvalue weighted by Gasteiger charge is 2.26. The molecule has 0 spiro atoms. The van der Waals surface area contributed by atoms with Crippen LogP contribution >= 0.6 is 0 Å². The van der Waals surface area contributed by atoms with Gasteiger partial charge in [-0.05, 0) is 18.6 Å². The average molecular weight is 163 g/mol. The summed E-state index contributed by atoms with van der Waals surface area (Å²) in [5.74, 6) is 0.0827. The number of aromatic hydroxyl groups is 1. The fourth-order valence-electron chi connectivity index (χ4n) is 1.41. The Hall–Kier alpha value is -1.51. The molecule has 1 unspecified atom stereocenters. The molecular formula is C9H9NO2. The van der Waals surface area contributed by atoms with E-state index >= 15 is 0 Å². The number of amides is 1. The molecule has 0 fully saturated rings. The van der Waals surface area contributed by atoms with Crippen LogP contribution in [-0.2, 0) is 4.79 Å². The number of phenolic OH excluding ortho intramolecular Hbond substituents is 1. The Balaban J connectivity index is 2.54. The smallest absolute Gasteiger partial charge is 0.231 e. The van der Waals surface area contributed by atoms with Crippen LogP contribution in [0.1, 0.15) is 18.4 Å². The Bertz CT molecular complexity index is 346. The third-order valence-corrected chi connectivity index (χ3v) is 2.15. The third kappa shape index (κ3) is 0.863. The van der Waals surface area contributed by atoms with Gasteiger partial charge >= 0.3 is 0 Å². The van der Waals surface area contributed by atoms with Crippen molar-refractivity contribution in [2.45, 2.75) is 12.8 Å². The van der Waals surface area contributed by atoms with Gasteiger partial charge in [-0.3, -0.25) is 4.79 Å². The monoisotopic (exact) mass is 163 g/mol. The van der Waals surface area contributed by atoms with Gasteiger partial charge in [-0.1, -0.05) is 6.07 Å². The van der Waals surface area contributed by atoms with Crippen molar-refractivity contribution < 1.29 is 9.90 Å². The number of fused-ring (bicyclic) bond motifs is 1. The summed E-state index contributed by atoms with van der Waals surface area (Å²) in [7, 11) is 0. The van der Waals surface area contributed by atoms with Gasteiger partial charge in [0.15, 0.2) is 0 Å². The first-order valence-corrected chi connectivity index (χ1v) is 3.82. The zero-order valence-corrected chi connectivity index (χ0v) is 6.66. The molecule has 0 saturated heterocycles. The van der Waals surface area contributed by atoms with Crippen molar-refractivity contribution in [3.63, 3.8) is 0 Å². The minimum atomic E-state index is -0.0967. The second-order valence-electron chi connectivity index (χ2n) is 2.98. The van der Waals surface area contributed by atoms with Gasteiger partial charge in [0.1, 0.15) is 5.75 Å². The van der Waals surface area contributed by atoms with Gasteiger partial charge in [0.05, 0.1) is 5.92 Å². The van der Waals surface area contributed by atoms with E-state index in [2.05, 4.69) is 5.32 Å². The van der Waals surface area contributed by atoms with Crippen LogP contribution in [0, 0.1) is 0 Å². The summed E-state index contributed by atoms with van der Waals surface area (Å²) in [5.41, 5.74) is 1.69. The maximum atomic E-state index is 11.1.